The lowest BCUT2D eigenvalue weighted by Gasteiger charge is -2.20. The van der Waals surface area contributed by atoms with Crippen LogP contribution in [-0.2, 0) is 0 Å². The molecule has 0 aliphatic heterocycles. The number of methoxy groups -OCH3 is 1. The molecule has 0 saturated heterocycles. The zero-order valence-corrected chi connectivity index (χ0v) is 15.0. The second kappa shape index (κ2) is 9.08. The summed E-state index contributed by atoms with van der Waals surface area (Å²) in [6, 6.07) is 15.2. The monoisotopic (exact) mass is 342 g/mol. The van der Waals surface area contributed by atoms with Crippen molar-refractivity contribution in [3.8, 4) is 5.75 Å². The van der Waals surface area contributed by atoms with Crippen LogP contribution in [0.2, 0.25) is 0 Å². The highest BCUT2D eigenvalue weighted by atomic mass is 16.5. The van der Waals surface area contributed by atoms with Crippen molar-refractivity contribution in [2.75, 3.05) is 19.0 Å². The topological polar surface area (TPSA) is 70.6 Å². The zero-order valence-electron chi connectivity index (χ0n) is 15.0. The Morgan fingerprint density at radius 1 is 1.20 bits per heavy atom. The van der Waals surface area contributed by atoms with Crippen LogP contribution < -0.4 is 15.4 Å². The van der Waals surface area contributed by atoms with E-state index in [4.69, 9.17) is 4.74 Å². The molecule has 0 aromatic heterocycles. The Kier molecular flexibility index (Phi) is 6.83. The number of anilines is 1. The van der Waals surface area contributed by atoms with E-state index in [0.29, 0.717) is 24.4 Å². The Morgan fingerprint density at radius 2 is 1.92 bits per heavy atom. The van der Waals surface area contributed by atoms with Crippen LogP contribution in [-0.4, -0.2) is 30.9 Å². The third-order valence-electron chi connectivity index (χ3n) is 4.01. The van der Waals surface area contributed by atoms with Crippen molar-refractivity contribution in [2.24, 2.45) is 0 Å². The lowest BCUT2D eigenvalue weighted by Crippen LogP contribution is -2.33. The second-order valence-corrected chi connectivity index (χ2v) is 6.23. The molecule has 3 N–H and O–H groups in total. The molecule has 0 saturated carbocycles. The molecule has 5 nitrogen and oxygen atoms in total. The number of aryl methyl sites for hydroxylation is 1. The Balaban J connectivity index is 2.00. The molecule has 0 heterocycles. The maximum absolute atomic E-state index is 12.3. The molecule has 0 aliphatic rings. The first-order chi connectivity index (χ1) is 12.0. The van der Waals surface area contributed by atoms with Gasteiger partial charge in [0.15, 0.2) is 0 Å². The van der Waals surface area contributed by atoms with Gasteiger partial charge in [0.2, 0.25) is 0 Å². The molecule has 0 bridgehead atoms. The fraction of sp³-hybridized carbons (Fsp3) is 0.350. The van der Waals surface area contributed by atoms with E-state index < -0.39 is 6.10 Å². The standard InChI is InChI=1S/C20H26N2O3/c1-14-9-10-19(25-3)18(11-14)22-20(24)21-13-17(12-15(2)23)16-7-5-4-6-8-16/h4-11,15,17,23H,12-13H2,1-3H3,(H2,21,22,24). The fourth-order valence-corrected chi connectivity index (χ4v) is 2.78. The minimum atomic E-state index is -0.438. The average Bonchev–Trinajstić information content (AvgIpc) is 2.59. The van der Waals surface area contributed by atoms with Gasteiger partial charge in [-0.15, -0.1) is 0 Å². The number of nitrogens with one attached hydrogen (secondary N) is 2. The summed E-state index contributed by atoms with van der Waals surface area (Å²) in [5.74, 6) is 0.663. The number of benzene rings is 2. The van der Waals surface area contributed by atoms with Gasteiger partial charge in [0.1, 0.15) is 5.75 Å². The van der Waals surface area contributed by atoms with Gasteiger partial charge in [-0.2, -0.15) is 0 Å². The van der Waals surface area contributed by atoms with Gasteiger partial charge >= 0.3 is 6.03 Å². The largest absolute Gasteiger partial charge is 0.495 e. The SMILES string of the molecule is COc1ccc(C)cc1NC(=O)NCC(CC(C)O)c1ccccc1. The molecule has 2 amide bonds. The number of aliphatic hydroxyl groups is 1. The maximum Gasteiger partial charge on any atom is 0.319 e. The summed E-state index contributed by atoms with van der Waals surface area (Å²) in [7, 11) is 1.57. The van der Waals surface area contributed by atoms with Crippen LogP contribution in [0.5, 0.6) is 5.75 Å². The third-order valence-corrected chi connectivity index (χ3v) is 4.01. The van der Waals surface area contributed by atoms with E-state index in [9.17, 15) is 9.90 Å². The lowest BCUT2D eigenvalue weighted by atomic mass is 9.93. The summed E-state index contributed by atoms with van der Waals surface area (Å²) in [4.78, 5) is 12.3. The molecule has 5 heteroatoms. The molecule has 0 fully saturated rings. The zero-order chi connectivity index (χ0) is 18.2. The fourth-order valence-electron chi connectivity index (χ4n) is 2.78. The van der Waals surface area contributed by atoms with E-state index in [0.717, 1.165) is 11.1 Å². The normalized spacial score (nSPS) is 13.0. The number of carbonyl (C=O) groups is 1. The molecule has 2 aromatic carbocycles. The number of hydrogen-bond acceptors (Lipinski definition) is 3. The Morgan fingerprint density at radius 3 is 2.56 bits per heavy atom. The van der Waals surface area contributed by atoms with Crippen LogP contribution in [0.1, 0.15) is 30.4 Å². The molecule has 2 atom stereocenters. The van der Waals surface area contributed by atoms with E-state index in [1.54, 1.807) is 14.0 Å². The maximum atomic E-state index is 12.3. The van der Waals surface area contributed by atoms with E-state index >= 15 is 0 Å². The van der Waals surface area contributed by atoms with Crippen molar-refractivity contribution in [3.05, 3.63) is 59.7 Å². The van der Waals surface area contributed by atoms with E-state index in [2.05, 4.69) is 10.6 Å². The van der Waals surface area contributed by atoms with Gasteiger partial charge in [-0.05, 0) is 43.5 Å². The minimum absolute atomic E-state index is 0.0476. The molecule has 0 radical (unpaired) electrons. The number of aliphatic hydroxyl groups excluding tert-OH is 1. The summed E-state index contributed by atoms with van der Waals surface area (Å²) >= 11 is 0. The molecule has 2 unspecified atom stereocenters. The Bertz CT molecular complexity index is 687. The van der Waals surface area contributed by atoms with Crippen LogP contribution in [0.15, 0.2) is 48.5 Å². The highest BCUT2D eigenvalue weighted by Crippen LogP contribution is 2.25. The summed E-state index contributed by atoms with van der Waals surface area (Å²) in [6.07, 6.45) is 0.143. The van der Waals surface area contributed by atoms with E-state index in [1.807, 2.05) is 55.5 Å². The highest BCUT2D eigenvalue weighted by molar-refractivity contribution is 5.91. The number of ether oxygens (including phenoxy) is 1. The molecular formula is C20H26N2O3. The quantitative estimate of drug-likeness (QED) is 0.719. The smallest absolute Gasteiger partial charge is 0.319 e. The van der Waals surface area contributed by atoms with Gasteiger partial charge < -0.3 is 20.5 Å². The van der Waals surface area contributed by atoms with Gasteiger partial charge in [0.05, 0.1) is 18.9 Å². The molecule has 0 aliphatic carbocycles. The van der Waals surface area contributed by atoms with E-state index in [-0.39, 0.29) is 11.9 Å². The highest BCUT2D eigenvalue weighted by Gasteiger charge is 2.16. The summed E-state index contributed by atoms with van der Waals surface area (Å²) < 4.78 is 5.27. The van der Waals surface area contributed by atoms with Crippen LogP contribution in [0.4, 0.5) is 10.5 Å². The van der Waals surface area contributed by atoms with Crippen molar-refractivity contribution in [1.82, 2.24) is 5.32 Å². The lowest BCUT2D eigenvalue weighted by molar-refractivity contribution is 0.173. The van der Waals surface area contributed by atoms with Crippen LogP contribution in [0.3, 0.4) is 0 Å². The predicted molar refractivity (Wildman–Crippen MR) is 100 cm³/mol. The number of urea groups is 1. The van der Waals surface area contributed by atoms with Gasteiger partial charge in [0.25, 0.3) is 0 Å². The van der Waals surface area contributed by atoms with Gasteiger partial charge in [-0.25, -0.2) is 4.79 Å². The Labute approximate surface area is 149 Å². The molecule has 2 rings (SSSR count). The first-order valence-corrected chi connectivity index (χ1v) is 8.42. The van der Waals surface area contributed by atoms with Gasteiger partial charge in [-0.3, -0.25) is 0 Å². The first-order valence-electron chi connectivity index (χ1n) is 8.42. The number of amides is 2. The molecule has 25 heavy (non-hydrogen) atoms. The van der Waals surface area contributed by atoms with Crippen molar-refractivity contribution in [3.63, 3.8) is 0 Å². The van der Waals surface area contributed by atoms with E-state index in [1.165, 1.54) is 0 Å². The number of hydrogen-bond donors (Lipinski definition) is 3. The average molecular weight is 342 g/mol. The van der Waals surface area contributed by atoms with Gasteiger partial charge in [0, 0.05) is 12.5 Å². The van der Waals surface area contributed by atoms with Crippen molar-refractivity contribution < 1.29 is 14.6 Å². The minimum Gasteiger partial charge on any atom is -0.495 e. The second-order valence-electron chi connectivity index (χ2n) is 6.23. The predicted octanol–water partition coefficient (Wildman–Crippen LogP) is 3.68. The molecule has 2 aromatic rings. The summed E-state index contributed by atoms with van der Waals surface area (Å²) in [6.45, 7) is 4.15. The van der Waals surface area contributed by atoms with Crippen molar-refractivity contribution >= 4 is 11.7 Å². The number of rotatable bonds is 7. The molecular weight excluding hydrogens is 316 g/mol. The van der Waals surface area contributed by atoms with Crippen LogP contribution in [0, 0.1) is 6.92 Å². The first kappa shape index (κ1) is 18.8. The van der Waals surface area contributed by atoms with Crippen LogP contribution in [0.25, 0.3) is 0 Å². The van der Waals surface area contributed by atoms with Crippen LogP contribution >= 0.6 is 0 Å². The Hall–Kier alpha value is -2.53. The van der Waals surface area contributed by atoms with Crippen molar-refractivity contribution in [1.29, 1.82) is 0 Å². The molecule has 134 valence electrons. The summed E-state index contributed by atoms with van der Waals surface area (Å²) in [5.41, 5.74) is 2.76. The summed E-state index contributed by atoms with van der Waals surface area (Å²) in [5, 5.41) is 15.5. The molecule has 0 spiro atoms. The van der Waals surface area contributed by atoms with Crippen molar-refractivity contribution in [2.45, 2.75) is 32.3 Å². The van der Waals surface area contributed by atoms with Gasteiger partial charge in [-0.1, -0.05) is 36.4 Å². The number of carbonyl (C=O) groups excluding carboxylic acids is 1. The third kappa shape index (κ3) is 5.80.